The van der Waals surface area contributed by atoms with Crippen LogP contribution in [0.5, 0.6) is 5.75 Å². The van der Waals surface area contributed by atoms with Crippen molar-refractivity contribution < 1.29 is 9.53 Å². The molecule has 0 aliphatic heterocycles. The fourth-order valence-corrected chi connectivity index (χ4v) is 3.58. The van der Waals surface area contributed by atoms with Crippen molar-refractivity contribution in [2.24, 2.45) is 5.92 Å². The van der Waals surface area contributed by atoms with Gasteiger partial charge in [0.1, 0.15) is 12.4 Å². The third-order valence-corrected chi connectivity index (χ3v) is 5.17. The van der Waals surface area contributed by atoms with Gasteiger partial charge in [-0.2, -0.15) is 0 Å². The molecule has 4 aromatic rings. The molecule has 1 aromatic carbocycles. The van der Waals surface area contributed by atoms with Crippen LogP contribution in [0.4, 0.5) is 10.5 Å². The summed E-state index contributed by atoms with van der Waals surface area (Å²) in [5.74, 6) is 1.47. The number of carbonyl (C=O) groups excluding carboxylic acids is 1. The summed E-state index contributed by atoms with van der Waals surface area (Å²) in [5.41, 5.74) is 4.02. The van der Waals surface area contributed by atoms with Crippen molar-refractivity contribution in [3.8, 4) is 5.75 Å². The Morgan fingerprint density at radius 2 is 2.10 bits per heavy atom. The number of aromatic nitrogens is 4. The Bertz CT molecular complexity index is 1130. The number of ether oxygens (including phenoxy) is 1. The molecule has 0 saturated carbocycles. The average molecular weight is 423 g/mol. The summed E-state index contributed by atoms with van der Waals surface area (Å²) in [5, 5.41) is 16.3. The third-order valence-electron chi connectivity index (χ3n) is 4.53. The fraction of sp³-hybridized carbons (Fsp3) is 0.238. The molecule has 2 amide bonds. The van der Waals surface area contributed by atoms with Crippen molar-refractivity contribution in [3.63, 3.8) is 0 Å². The van der Waals surface area contributed by atoms with E-state index in [9.17, 15) is 4.79 Å². The lowest BCUT2D eigenvalue weighted by Gasteiger charge is -2.21. The summed E-state index contributed by atoms with van der Waals surface area (Å²) < 4.78 is 7.64. The quantitative estimate of drug-likeness (QED) is 0.464. The van der Waals surface area contributed by atoms with Crippen LogP contribution >= 0.6 is 11.3 Å². The molecule has 0 aliphatic rings. The molecule has 3 aromatic heterocycles. The predicted octanol–water partition coefficient (Wildman–Crippen LogP) is 4.28. The monoisotopic (exact) mass is 422 g/mol. The number of hydrogen-bond donors (Lipinski definition) is 2. The van der Waals surface area contributed by atoms with E-state index in [1.807, 2.05) is 66.2 Å². The van der Waals surface area contributed by atoms with Gasteiger partial charge in [-0.1, -0.05) is 26.0 Å². The molecule has 4 rings (SSSR count). The van der Waals surface area contributed by atoms with Crippen LogP contribution in [-0.2, 0) is 6.61 Å². The van der Waals surface area contributed by atoms with E-state index in [0.717, 1.165) is 11.3 Å². The molecule has 9 heteroatoms. The first kappa shape index (κ1) is 19.8. The number of hydrogen-bond acceptors (Lipinski definition) is 6. The zero-order chi connectivity index (χ0) is 20.9. The normalized spacial score (nSPS) is 12.1. The van der Waals surface area contributed by atoms with Crippen LogP contribution in [0.15, 0.2) is 59.6 Å². The molecule has 3 heterocycles. The summed E-state index contributed by atoms with van der Waals surface area (Å²) >= 11 is 1.53. The van der Waals surface area contributed by atoms with Gasteiger partial charge in [0.05, 0.1) is 17.2 Å². The van der Waals surface area contributed by atoms with Gasteiger partial charge in [-0.3, -0.25) is 4.40 Å². The van der Waals surface area contributed by atoms with Crippen LogP contribution in [0.2, 0.25) is 0 Å². The molecule has 8 nitrogen and oxygen atoms in total. The Morgan fingerprint density at radius 1 is 1.20 bits per heavy atom. The van der Waals surface area contributed by atoms with Crippen LogP contribution in [0.1, 0.15) is 31.4 Å². The molecule has 1 unspecified atom stereocenters. The average Bonchev–Trinajstić information content (AvgIpc) is 3.40. The number of nitrogens with one attached hydrogen (secondary N) is 2. The number of pyridine rings is 1. The van der Waals surface area contributed by atoms with Gasteiger partial charge in [0.15, 0.2) is 11.5 Å². The highest BCUT2D eigenvalue weighted by Gasteiger charge is 2.23. The Hall–Kier alpha value is -3.46. The van der Waals surface area contributed by atoms with E-state index in [0.29, 0.717) is 23.9 Å². The summed E-state index contributed by atoms with van der Waals surface area (Å²) in [6, 6.07) is 12.3. The van der Waals surface area contributed by atoms with Crippen molar-refractivity contribution in [1.82, 2.24) is 24.9 Å². The second kappa shape index (κ2) is 8.91. The number of amides is 2. The number of rotatable bonds is 7. The van der Waals surface area contributed by atoms with Gasteiger partial charge >= 0.3 is 6.03 Å². The largest absolute Gasteiger partial charge is 0.487 e. The highest BCUT2D eigenvalue weighted by Crippen LogP contribution is 2.22. The molecule has 2 N–H and O–H groups in total. The first-order valence-electron chi connectivity index (χ1n) is 9.57. The van der Waals surface area contributed by atoms with Crippen molar-refractivity contribution in [2.75, 3.05) is 5.32 Å². The van der Waals surface area contributed by atoms with E-state index < -0.39 is 0 Å². The third kappa shape index (κ3) is 4.57. The number of fused-ring (bicyclic) bond motifs is 1. The lowest BCUT2D eigenvalue weighted by Crippen LogP contribution is -2.36. The summed E-state index contributed by atoms with van der Waals surface area (Å²) in [7, 11) is 0. The lowest BCUT2D eigenvalue weighted by molar-refractivity contribution is 0.243. The predicted molar refractivity (Wildman–Crippen MR) is 116 cm³/mol. The molecular weight excluding hydrogens is 400 g/mol. The standard InChI is InChI=1S/C21H22N6O2S/c1-14(2)19(20-26-25-18-8-3-4-9-27(18)20)24-21(28)23-15-6-5-7-17(10-15)29-11-16-12-30-13-22-16/h3-10,12-14,19H,11H2,1-2H3,(H2,23,24,28). The molecular formula is C21H22N6O2S. The number of anilines is 1. The van der Waals surface area contributed by atoms with E-state index >= 15 is 0 Å². The van der Waals surface area contributed by atoms with Gasteiger partial charge in [-0.05, 0) is 30.2 Å². The first-order chi connectivity index (χ1) is 14.6. The molecule has 0 saturated heterocycles. The van der Waals surface area contributed by atoms with Gasteiger partial charge in [-0.15, -0.1) is 21.5 Å². The molecule has 154 valence electrons. The summed E-state index contributed by atoms with van der Waals surface area (Å²) in [4.78, 5) is 16.9. The Labute approximate surface area is 177 Å². The Morgan fingerprint density at radius 3 is 2.90 bits per heavy atom. The number of thiazole rings is 1. The zero-order valence-electron chi connectivity index (χ0n) is 16.6. The maximum atomic E-state index is 12.7. The lowest BCUT2D eigenvalue weighted by atomic mass is 10.0. The SMILES string of the molecule is CC(C)C(NC(=O)Nc1cccc(OCc2cscn2)c1)c1nnc2ccccn12. The summed E-state index contributed by atoms with van der Waals surface area (Å²) in [6.07, 6.45) is 1.89. The van der Waals surface area contributed by atoms with Crippen molar-refractivity contribution in [2.45, 2.75) is 26.5 Å². The highest BCUT2D eigenvalue weighted by molar-refractivity contribution is 7.07. The number of carbonyl (C=O) groups is 1. The molecule has 0 spiro atoms. The van der Waals surface area contributed by atoms with Crippen molar-refractivity contribution in [1.29, 1.82) is 0 Å². The van der Waals surface area contributed by atoms with Crippen LogP contribution < -0.4 is 15.4 Å². The van der Waals surface area contributed by atoms with E-state index in [1.165, 1.54) is 11.3 Å². The molecule has 0 fully saturated rings. The van der Waals surface area contributed by atoms with Gasteiger partial charge in [0.2, 0.25) is 0 Å². The van der Waals surface area contributed by atoms with Crippen LogP contribution in [0, 0.1) is 5.92 Å². The van der Waals surface area contributed by atoms with Crippen molar-refractivity contribution in [3.05, 3.63) is 71.1 Å². The maximum Gasteiger partial charge on any atom is 0.319 e. The number of nitrogens with zero attached hydrogens (tertiary/aromatic N) is 4. The Balaban J connectivity index is 1.43. The minimum atomic E-state index is -0.321. The minimum Gasteiger partial charge on any atom is -0.487 e. The van der Waals surface area contributed by atoms with E-state index in [1.54, 1.807) is 11.6 Å². The van der Waals surface area contributed by atoms with Crippen LogP contribution in [-0.4, -0.2) is 25.6 Å². The topological polar surface area (TPSA) is 93.4 Å². The maximum absolute atomic E-state index is 12.7. The fourth-order valence-electron chi connectivity index (χ4n) is 3.04. The second-order valence-corrected chi connectivity index (χ2v) is 7.82. The van der Waals surface area contributed by atoms with Crippen LogP contribution in [0.25, 0.3) is 5.65 Å². The zero-order valence-corrected chi connectivity index (χ0v) is 17.5. The van der Waals surface area contributed by atoms with E-state index in [2.05, 4.69) is 25.8 Å². The molecule has 0 radical (unpaired) electrons. The Kier molecular flexibility index (Phi) is 5.89. The van der Waals surface area contributed by atoms with Gasteiger partial charge in [0, 0.05) is 23.3 Å². The van der Waals surface area contributed by atoms with E-state index in [-0.39, 0.29) is 18.0 Å². The van der Waals surface area contributed by atoms with Crippen LogP contribution in [0.3, 0.4) is 0 Å². The van der Waals surface area contributed by atoms with E-state index in [4.69, 9.17) is 4.74 Å². The highest BCUT2D eigenvalue weighted by atomic mass is 32.1. The molecule has 1 atom stereocenters. The second-order valence-electron chi connectivity index (χ2n) is 7.10. The first-order valence-corrected chi connectivity index (χ1v) is 10.5. The number of benzene rings is 1. The molecule has 0 bridgehead atoms. The minimum absolute atomic E-state index is 0.121. The molecule has 30 heavy (non-hydrogen) atoms. The number of urea groups is 1. The van der Waals surface area contributed by atoms with Gasteiger partial charge in [-0.25, -0.2) is 9.78 Å². The molecule has 0 aliphatic carbocycles. The van der Waals surface area contributed by atoms with Gasteiger partial charge in [0.25, 0.3) is 0 Å². The summed E-state index contributed by atoms with van der Waals surface area (Å²) in [6.45, 7) is 4.44. The van der Waals surface area contributed by atoms with Gasteiger partial charge < -0.3 is 15.4 Å². The smallest absolute Gasteiger partial charge is 0.319 e. The van der Waals surface area contributed by atoms with Crippen molar-refractivity contribution >= 4 is 28.7 Å².